The van der Waals surface area contributed by atoms with Crippen LogP contribution in [0.1, 0.15) is 0 Å². The number of aliphatic hydroxyl groups excluding tert-OH is 1. The van der Waals surface area contributed by atoms with Crippen LogP contribution in [0.4, 0.5) is 0 Å². The summed E-state index contributed by atoms with van der Waals surface area (Å²) >= 11 is 6.58. The Morgan fingerprint density at radius 1 is 0.895 bits per heavy atom. The summed E-state index contributed by atoms with van der Waals surface area (Å²) in [6.07, 6.45) is -1.76. The number of hydrogen-bond acceptors (Lipinski definition) is 9. The minimum absolute atomic E-state index is 0.227. The third kappa shape index (κ3) is 4.05. The van der Waals surface area contributed by atoms with E-state index in [9.17, 15) is 9.90 Å². The van der Waals surface area contributed by atoms with Crippen molar-refractivity contribution in [3.63, 3.8) is 0 Å². The number of hydrogen-bond donors (Lipinski definition) is 3. The normalized spacial score (nSPS) is 22.7. The third-order valence-corrected chi connectivity index (χ3v) is 7.00. The first-order valence-corrected chi connectivity index (χ1v) is 12.3. The number of halogens is 1. The molecule has 38 heavy (non-hydrogen) atoms. The first-order valence-electron chi connectivity index (χ1n) is 11.9. The highest BCUT2D eigenvalue weighted by atomic mass is 35.5. The van der Waals surface area contributed by atoms with Crippen LogP contribution in [0, 0.1) is 0 Å². The molecule has 5 heterocycles. The molecule has 0 unspecified atom stereocenters. The standard InChI is InChI=1S/C26H20ClN5O6/c27-16-9-17-23(30-26(28-17)37-19-11-36-21-18(33)10-35-22(19)21)29-20(16)14-5-1-12(2-6-14)13-3-7-15(8-4-13)24-31-25(34)32-38-24/h1-9,18-19,21-22,33H,10-11H2,(H,32,34)(H,28,29,30)/t18-,19-,21-,22-/m1/s1. The number of nitrogens with zero attached hydrogens (tertiary/aromatic N) is 3. The van der Waals surface area contributed by atoms with Gasteiger partial charge in [-0.05, 0) is 29.3 Å². The Hall–Kier alpha value is -4.03. The summed E-state index contributed by atoms with van der Waals surface area (Å²) in [7, 11) is 0. The summed E-state index contributed by atoms with van der Waals surface area (Å²) in [5.74, 6) is 0.242. The van der Waals surface area contributed by atoms with Gasteiger partial charge in [-0.1, -0.05) is 48.0 Å². The number of fused-ring (bicyclic) bond motifs is 2. The molecule has 11 nitrogen and oxygen atoms in total. The summed E-state index contributed by atoms with van der Waals surface area (Å²) in [5.41, 5.74) is 4.69. The van der Waals surface area contributed by atoms with Gasteiger partial charge in [-0.15, -0.1) is 0 Å². The van der Waals surface area contributed by atoms with Crippen LogP contribution < -0.4 is 10.4 Å². The van der Waals surface area contributed by atoms with E-state index in [0.29, 0.717) is 34.1 Å². The fourth-order valence-electron chi connectivity index (χ4n) is 4.82. The zero-order chi connectivity index (χ0) is 25.8. The maximum atomic E-state index is 11.2. The molecule has 2 aliphatic rings. The Balaban J connectivity index is 1.11. The highest BCUT2D eigenvalue weighted by molar-refractivity contribution is 6.33. The van der Waals surface area contributed by atoms with Crippen molar-refractivity contribution in [1.29, 1.82) is 0 Å². The van der Waals surface area contributed by atoms with Gasteiger partial charge in [0.15, 0.2) is 11.8 Å². The maximum absolute atomic E-state index is 11.2. The van der Waals surface area contributed by atoms with Crippen molar-refractivity contribution < 1.29 is 23.8 Å². The van der Waals surface area contributed by atoms with Gasteiger partial charge in [-0.3, -0.25) is 0 Å². The van der Waals surface area contributed by atoms with E-state index in [1.807, 2.05) is 48.5 Å². The van der Waals surface area contributed by atoms with Crippen molar-refractivity contribution in [2.45, 2.75) is 24.4 Å². The second kappa shape index (κ2) is 9.07. The molecule has 12 heteroatoms. The lowest BCUT2D eigenvalue weighted by Crippen LogP contribution is -2.34. The minimum atomic E-state index is -0.649. The number of aromatic nitrogens is 5. The Kier molecular flexibility index (Phi) is 5.51. The highest BCUT2D eigenvalue weighted by Crippen LogP contribution is 2.33. The van der Waals surface area contributed by atoms with E-state index in [2.05, 4.69) is 25.1 Å². The number of ether oxygens (including phenoxy) is 3. The molecule has 2 fully saturated rings. The minimum Gasteiger partial charge on any atom is -0.456 e. The van der Waals surface area contributed by atoms with Crippen LogP contribution in [0.3, 0.4) is 0 Å². The van der Waals surface area contributed by atoms with Gasteiger partial charge >= 0.3 is 5.69 Å². The fourth-order valence-corrected chi connectivity index (χ4v) is 5.08. The molecule has 4 atom stereocenters. The average Bonchev–Trinajstić information content (AvgIpc) is 3.71. The third-order valence-electron chi connectivity index (χ3n) is 6.71. The molecule has 2 aromatic carbocycles. The van der Waals surface area contributed by atoms with Gasteiger partial charge in [0.1, 0.15) is 18.3 Å². The number of nitrogens with one attached hydrogen (secondary N) is 2. The second-order valence-electron chi connectivity index (χ2n) is 9.13. The Morgan fingerprint density at radius 3 is 2.29 bits per heavy atom. The van der Waals surface area contributed by atoms with Gasteiger partial charge in [0.25, 0.3) is 11.9 Å². The lowest BCUT2D eigenvalue weighted by Gasteiger charge is -2.15. The highest BCUT2D eigenvalue weighted by Gasteiger charge is 2.48. The number of aliphatic hydroxyl groups is 1. The molecular formula is C26H20ClN5O6. The molecule has 0 saturated carbocycles. The average molecular weight is 534 g/mol. The molecule has 2 aliphatic heterocycles. The maximum Gasteiger partial charge on any atom is 0.377 e. The number of aromatic amines is 2. The topological polar surface area (TPSA) is 148 Å². The molecule has 2 saturated heterocycles. The largest absolute Gasteiger partial charge is 0.456 e. The van der Waals surface area contributed by atoms with Crippen LogP contribution in [-0.4, -0.2) is 67.8 Å². The van der Waals surface area contributed by atoms with Crippen molar-refractivity contribution in [3.05, 3.63) is 70.1 Å². The molecule has 0 amide bonds. The van der Waals surface area contributed by atoms with Crippen molar-refractivity contribution in [1.82, 2.24) is 25.1 Å². The van der Waals surface area contributed by atoms with E-state index in [-0.39, 0.29) is 36.8 Å². The molecule has 5 aromatic rings. The first-order chi connectivity index (χ1) is 18.5. The number of pyridine rings is 1. The van der Waals surface area contributed by atoms with E-state index >= 15 is 0 Å². The Morgan fingerprint density at radius 2 is 1.58 bits per heavy atom. The molecule has 0 radical (unpaired) electrons. The van der Waals surface area contributed by atoms with Crippen LogP contribution in [0.15, 0.2) is 63.9 Å². The number of H-pyrrole nitrogens is 2. The summed E-state index contributed by atoms with van der Waals surface area (Å²) in [5, 5.41) is 12.6. The molecule has 0 aliphatic carbocycles. The van der Waals surface area contributed by atoms with Crippen LogP contribution in [0.5, 0.6) is 6.01 Å². The van der Waals surface area contributed by atoms with Crippen LogP contribution in [0.2, 0.25) is 5.02 Å². The Bertz CT molecular complexity index is 1680. The quantitative estimate of drug-likeness (QED) is 0.309. The molecule has 3 aromatic heterocycles. The lowest BCUT2D eigenvalue weighted by atomic mass is 10.0. The lowest BCUT2D eigenvalue weighted by molar-refractivity contribution is 0.00706. The van der Waals surface area contributed by atoms with Crippen LogP contribution in [-0.2, 0) is 9.47 Å². The number of benzene rings is 2. The van der Waals surface area contributed by atoms with Gasteiger partial charge in [0.05, 0.1) is 29.4 Å². The predicted octanol–water partition coefficient (Wildman–Crippen LogP) is 3.19. The van der Waals surface area contributed by atoms with Crippen molar-refractivity contribution >= 4 is 22.8 Å². The Labute approximate surface area is 219 Å². The van der Waals surface area contributed by atoms with Gasteiger partial charge in [-0.25, -0.2) is 9.78 Å². The molecule has 0 bridgehead atoms. The van der Waals surface area contributed by atoms with Crippen LogP contribution >= 0.6 is 11.6 Å². The number of imidazole rings is 1. The smallest absolute Gasteiger partial charge is 0.377 e. The fraction of sp³-hybridized carbons (Fsp3) is 0.231. The van der Waals surface area contributed by atoms with Crippen molar-refractivity contribution in [2.24, 2.45) is 0 Å². The van der Waals surface area contributed by atoms with E-state index in [4.69, 9.17) is 30.3 Å². The zero-order valence-electron chi connectivity index (χ0n) is 19.6. The van der Waals surface area contributed by atoms with Gasteiger partial charge in [-0.2, -0.15) is 15.1 Å². The zero-order valence-corrected chi connectivity index (χ0v) is 20.4. The van der Waals surface area contributed by atoms with Gasteiger partial charge in [0.2, 0.25) is 0 Å². The first kappa shape index (κ1) is 23.1. The second-order valence-corrected chi connectivity index (χ2v) is 9.54. The molecule has 7 rings (SSSR count). The summed E-state index contributed by atoms with van der Waals surface area (Å²) in [4.78, 5) is 27.2. The SMILES string of the molecule is O=c1nc(-c2ccc(-c3ccc(-c4nc5nc(O[C@@H]6CO[C@H]7[C@@H]6OC[C@H]7O)[nH]c5cc4Cl)cc3)cc2)o[nH]1. The molecule has 192 valence electrons. The number of rotatable bonds is 5. The molecular weight excluding hydrogens is 514 g/mol. The molecule has 3 N–H and O–H groups in total. The molecule has 0 spiro atoms. The van der Waals surface area contributed by atoms with Crippen molar-refractivity contribution in [2.75, 3.05) is 13.2 Å². The van der Waals surface area contributed by atoms with Crippen LogP contribution in [0.25, 0.3) is 45.0 Å². The van der Waals surface area contributed by atoms with Gasteiger partial charge in [0, 0.05) is 11.1 Å². The van der Waals surface area contributed by atoms with Gasteiger partial charge < -0.3 is 28.8 Å². The predicted molar refractivity (Wildman–Crippen MR) is 136 cm³/mol. The van der Waals surface area contributed by atoms with E-state index in [0.717, 1.165) is 16.7 Å². The summed E-state index contributed by atoms with van der Waals surface area (Å²) in [6.45, 7) is 0.530. The summed E-state index contributed by atoms with van der Waals surface area (Å²) in [6, 6.07) is 17.4. The summed E-state index contributed by atoms with van der Waals surface area (Å²) < 4.78 is 22.3. The van der Waals surface area contributed by atoms with E-state index < -0.39 is 11.8 Å². The monoisotopic (exact) mass is 533 g/mol. The van der Waals surface area contributed by atoms with E-state index in [1.54, 1.807) is 6.07 Å². The van der Waals surface area contributed by atoms with E-state index in [1.165, 1.54) is 0 Å². The van der Waals surface area contributed by atoms with Crippen molar-refractivity contribution in [3.8, 4) is 39.8 Å².